The molecule has 3 nitrogen and oxygen atoms in total. The summed E-state index contributed by atoms with van der Waals surface area (Å²) < 4.78 is 0. The van der Waals surface area contributed by atoms with Gasteiger partial charge in [-0.2, -0.15) is 0 Å². The minimum Gasteiger partial charge on any atom is -0.481 e. The van der Waals surface area contributed by atoms with Crippen LogP contribution >= 0.6 is 0 Å². The minimum absolute atomic E-state index is 0.125. The number of hydrogen-bond donors (Lipinski definition) is 1. The second-order valence-corrected chi connectivity index (χ2v) is 4.85. The normalized spacial score (nSPS) is 27.4. The van der Waals surface area contributed by atoms with Crippen molar-refractivity contribution in [2.75, 3.05) is 0 Å². The maximum absolute atomic E-state index is 11.0. The number of rotatable bonds is 2. The lowest BCUT2D eigenvalue weighted by molar-refractivity contribution is -0.139. The van der Waals surface area contributed by atoms with E-state index < -0.39 is 5.97 Å². The van der Waals surface area contributed by atoms with Crippen LogP contribution in [0.4, 0.5) is 0 Å². The van der Waals surface area contributed by atoms with Crippen molar-refractivity contribution in [3.05, 3.63) is 29.6 Å². The third kappa shape index (κ3) is 1.52. The molecule has 1 N–H and O–H groups in total. The van der Waals surface area contributed by atoms with Crippen LogP contribution in [0, 0.1) is 18.3 Å². The summed E-state index contributed by atoms with van der Waals surface area (Å²) in [4.78, 5) is 15.2. The fourth-order valence-corrected chi connectivity index (χ4v) is 2.48. The fraction of sp³-hybridized carbons (Fsp3) is 0.500. The first kappa shape index (κ1) is 10.1. The molecule has 0 radical (unpaired) electrons. The van der Waals surface area contributed by atoms with Gasteiger partial charge < -0.3 is 5.11 Å². The molecule has 1 aliphatic rings. The first-order valence-corrected chi connectivity index (χ1v) is 5.10. The van der Waals surface area contributed by atoms with Crippen LogP contribution in [0.2, 0.25) is 0 Å². The Bertz CT molecular complexity index is 412. The smallest absolute Gasteiger partial charge is 0.307 e. The molecule has 80 valence electrons. The monoisotopic (exact) mass is 205 g/mol. The van der Waals surface area contributed by atoms with E-state index in [-0.39, 0.29) is 17.3 Å². The van der Waals surface area contributed by atoms with Crippen molar-refractivity contribution >= 4 is 5.97 Å². The van der Waals surface area contributed by atoms with E-state index >= 15 is 0 Å². The number of aromatic nitrogens is 1. The minimum atomic E-state index is -0.695. The van der Waals surface area contributed by atoms with E-state index in [1.54, 1.807) is 6.20 Å². The molecular formula is C12H15NO2. The molecule has 0 saturated heterocycles. The molecule has 0 aliphatic heterocycles. The Balaban J connectivity index is 2.31. The molecule has 1 saturated carbocycles. The first-order chi connectivity index (χ1) is 6.94. The Labute approximate surface area is 89.2 Å². The number of carboxylic acids is 1. The summed E-state index contributed by atoms with van der Waals surface area (Å²) in [5.74, 6) is -0.810. The molecular weight excluding hydrogens is 190 g/mol. The van der Waals surface area contributed by atoms with Crippen molar-refractivity contribution in [2.24, 2.45) is 11.3 Å². The van der Waals surface area contributed by atoms with Crippen LogP contribution in [0.25, 0.3) is 0 Å². The highest BCUT2D eigenvalue weighted by molar-refractivity contribution is 5.77. The summed E-state index contributed by atoms with van der Waals surface area (Å²) in [5, 5.41) is 9.07. The number of aliphatic carboxylic acids is 1. The van der Waals surface area contributed by atoms with Crippen molar-refractivity contribution in [3.8, 4) is 0 Å². The molecule has 0 aromatic carbocycles. The summed E-state index contributed by atoms with van der Waals surface area (Å²) in [6, 6.07) is 3.90. The molecule has 1 aliphatic carbocycles. The third-order valence-corrected chi connectivity index (χ3v) is 3.37. The highest BCUT2D eigenvalue weighted by Gasteiger charge is 2.62. The summed E-state index contributed by atoms with van der Waals surface area (Å²) >= 11 is 0. The number of carbonyl (C=O) groups is 1. The zero-order valence-electron chi connectivity index (χ0n) is 9.19. The molecule has 1 fully saturated rings. The van der Waals surface area contributed by atoms with Crippen molar-refractivity contribution in [2.45, 2.75) is 26.7 Å². The largest absolute Gasteiger partial charge is 0.481 e. The van der Waals surface area contributed by atoms with Gasteiger partial charge in [-0.05, 0) is 30.0 Å². The molecule has 1 aromatic rings. The predicted molar refractivity (Wildman–Crippen MR) is 56.6 cm³/mol. The second-order valence-electron chi connectivity index (χ2n) is 4.85. The standard InChI is InChI=1S/C12H15NO2/c1-7-6-8(4-5-13-7)9-10(11(14)15)12(9,2)3/h4-6,9-10H,1-3H3,(H,14,15)/t9-,10+/m1/s1. The van der Waals surface area contributed by atoms with Crippen LogP contribution in [0.1, 0.15) is 31.0 Å². The van der Waals surface area contributed by atoms with Crippen molar-refractivity contribution < 1.29 is 9.90 Å². The number of aryl methyl sites for hydroxylation is 1. The molecule has 0 amide bonds. The van der Waals surface area contributed by atoms with Crippen molar-refractivity contribution in [1.82, 2.24) is 4.98 Å². The second kappa shape index (κ2) is 3.05. The highest BCUT2D eigenvalue weighted by atomic mass is 16.4. The Morgan fingerprint density at radius 1 is 1.53 bits per heavy atom. The van der Waals surface area contributed by atoms with E-state index in [9.17, 15) is 4.79 Å². The number of carboxylic acid groups (broad SMARTS) is 1. The van der Waals surface area contributed by atoms with Gasteiger partial charge in [-0.15, -0.1) is 0 Å². The molecule has 15 heavy (non-hydrogen) atoms. The number of nitrogens with zero attached hydrogens (tertiary/aromatic N) is 1. The Morgan fingerprint density at radius 3 is 2.67 bits per heavy atom. The van der Waals surface area contributed by atoms with E-state index in [4.69, 9.17) is 5.11 Å². The lowest BCUT2D eigenvalue weighted by Gasteiger charge is -2.02. The zero-order valence-corrected chi connectivity index (χ0v) is 9.19. The average Bonchev–Trinajstić information content (AvgIpc) is 2.69. The Morgan fingerprint density at radius 2 is 2.20 bits per heavy atom. The van der Waals surface area contributed by atoms with Crippen molar-refractivity contribution in [1.29, 1.82) is 0 Å². The van der Waals surface area contributed by atoms with Gasteiger partial charge in [0.2, 0.25) is 0 Å². The van der Waals surface area contributed by atoms with E-state index in [0.29, 0.717) is 0 Å². The van der Waals surface area contributed by atoms with Gasteiger partial charge in [0.05, 0.1) is 5.92 Å². The van der Waals surface area contributed by atoms with Gasteiger partial charge >= 0.3 is 5.97 Å². The van der Waals surface area contributed by atoms with E-state index in [2.05, 4.69) is 4.98 Å². The van der Waals surface area contributed by atoms with E-state index in [0.717, 1.165) is 11.3 Å². The van der Waals surface area contributed by atoms with Gasteiger partial charge in [0, 0.05) is 17.8 Å². The molecule has 0 bridgehead atoms. The maximum atomic E-state index is 11.0. The number of pyridine rings is 1. The first-order valence-electron chi connectivity index (χ1n) is 5.10. The maximum Gasteiger partial charge on any atom is 0.307 e. The lowest BCUT2D eigenvalue weighted by Crippen LogP contribution is -2.03. The average molecular weight is 205 g/mol. The number of hydrogen-bond acceptors (Lipinski definition) is 2. The molecule has 1 heterocycles. The molecule has 2 atom stereocenters. The zero-order chi connectivity index (χ0) is 11.2. The van der Waals surface area contributed by atoms with Crippen LogP contribution in [0.5, 0.6) is 0 Å². The summed E-state index contributed by atoms with van der Waals surface area (Å²) in [6.45, 7) is 5.94. The van der Waals surface area contributed by atoms with E-state index in [1.165, 1.54) is 0 Å². The molecule has 3 heteroatoms. The van der Waals surface area contributed by atoms with Crippen LogP contribution in [-0.2, 0) is 4.79 Å². The highest BCUT2D eigenvalue weighted by Crippen LogP contribution is 2.64. The topological polar surface area (TPSA) is 50.2 Å². The van der Waals surface area contributed by atoms with Gasteiger partial charge in [-0.25, -0.2) is 0 Å². The molecule has 2 rings (SSSR count). The van der Waals surface area contributed by atoms with Crippen LogP contribution < -0.4 is 0 Å². The fourth-order valence-electron chi connectivity index (χ4n) is 2.48. The van der Waals surface area contributed by atoms with Gasteiger partial charge in [-0.1, -0.05) is 13.8 Å². The molecule has 0 unspecified atom stereocenters. The molecule has 1 aromatic heterocycles. The Hall–Kier alpha value is -1.38. The van der Waals surface area contributed by atoms with Crippen LogP contribution in [0.15, 0.2) is 18.3 Å². The Kier molecular flexibility index (Phi) is 2.07. The quantitative estimate of drug-likeness (QED) is 0.805. The van der Waals surface area contributed by atoms with Crippen molar-refractivity contribution in [3.63, 3.8) is 0 Å². The van der Waals surface area contributed by atoms with Crippen LogP contribution in [-0.4, -0.2) is 16.1 Å². The lowest BCUT2D eigenvalue weighted by atomic mass is 10.0. The summed E-state index contributed by atoms with van der Waals surface area (Å²) in [5.41, 5.74) is 1.92. The van der Waals surface area contributed by atoms with Gasteiger partial charge in [-0.3, -0.25) is 9.78 Å². The summed E-state index contributed by atoms with van der Waals surface area (Å²) in [6.07, 6.45) is 1.75. The van der Waals surface area contributed by atoms with Gasteiger partial charge in [0.25, 0.3) is 0 Å². The summed E-state index contributed by atoms with van der Waals surface area (Å²) in [7, 11) is 0. The SMILES string of the molecule is Cc1cc([C@@H]2[C@@H](C(=O)O)C2(C)C)ccn1. The molecule has 0 spiro atoms. The van der Waals surface area contributed by atoms with Gasteiger partial charge in [0.1, 0.15) is 0 Å². The predicted octanol–water partition coefficient (Wildman–Crippen LogP) is 2.21. The van der Waals surface area contributed by atoms with Gasteiger partial charge in [0.15, 0.2) is 0 Å². The van der Waals surface area contributed by atoms with Crippen LogP contribution in [0.3, 0.4) is 0 Å². The third-order valence-electron chi connectivity index (χ3n) is 3.37. The van der Waals surface area contributed by atoms with E-state index in [1.807, 2.05) is 32.9 Å².